The number of fused-ring (bicyclic) bond motifs is 10. The van der Waals surface area contributed by atoms with Crippen LogP contribution in [-0.2, 0) is 24.4 Å². The number of hydrogen-bond donors (Lipinski definition) is 0. The van der Waals surface area contributed by atoms with E-state index >= 15 is 0 Å². The van der Waals surface area contributed by atoms with Gasteiger partial charge in [0.25, 0.3) is 0 Å². The van der Waals surface area contributed by atoms with Crippen molar-refractivity contribution < 1.29 is 13.2 Å². The Morgan fingerprint density at radius 1 is 0.517 bits per heavy atom. The summed E-state index contributed by atoms with van der Waals surface area (Å²) in [7, 11) is 0. The first-order chi connectivity index (χ1) is 28.3. The van der Waals surface area contributed by atoms with Gasteiger partial charge in [-0.25, -0.2) is 0 Å². The maximum Gasteiger partial charge on any atom is 0.416 e. The van der Waals surface area contributed by atoms with E-state index in [0.717, 1.165) is 60.1 Å². The molecule has 8 aromatic carbocycles. The monoisotopic (exact) mass is 762 g/mol. The molecule has 0 amide bonds. The van der Waals surface area contributed by atoms with E-state index in [4.69, 9.17) is 0 Å². The van der Waals surface area contributed by atoms with Crippen LogP contribution in [0.3, 0.4) is 0 Å². The van der Waals surface area contributed by atoms with Gasteiger partial charge in [0.15, 0.2) is 0 Å². The molecule has 0 saturated carbocycles. The molecule has 0 unspecified atom stereocenters. The molecule has 0 N–H and O–H groups in total. The topological polar surface area (TPSA) is 6.48 Å². The molecule has 0 fully saturated rings. The van der Waals surface area contributed by atoms with Crippen molar-refractivity contribution >= 4 is 44.3 Å². The van der Waals surface area contributed by atoms with Crippen LogP contribution in [0.2, 0.25) is 0 Å². The first kappa shape index (κ1) is 34.9. The average molecular weight is 763 g/mol. The lowest BCUT2D eigenvalue weighted by molar-refractivity contribution is -0.137. The van der Waals surface area contributed by atoms with Crippen molar-refractivity contribution in [2.75, 3.05) is 22.9 Å². The maximum atomic E-state index is 13.8. The van der Waals surface area contributed by atoms with E-state index < -0.39 is 17.2 Å². The standard InChI is InChI=1S/C53H41F3N2/c1-34-20-26-48-35(30-34)12-10-29-58(48)41-23-25-45-47(33-41)52(37-14-4-2-5-15-37,38-16-6-3-7-17-38)51-44-24-22-40(32-46(44)42-18-8-9-19-43(42)50(45)51)57-28-11-13-36-31-39(53(54,55)56)21-27-49(36)57/h2-9,14-27,30-33H,10-13,28-29H2,1H3. The molecule has 2 aliphatic heterocycles. The third-order valence-electron chi connectivity index (χ3n) is 13.0. The second kappa shape index (κ2) is 13.1. The minimum atomic E-state index is -4.38. The molecular weight excluding hydrogens is 722 g/mol. The van der Waals surface area contributed by atoms with Crippen LogP contribution >= 0.6 is 0 Å². The van der Waals surface area contributed by atoms with Crippen LogP contribution in [-0.4, -0.2) is 13.1 Å². The Bertz CT molecular complexity index is 2870. The molecule has 2 heterocycles. The highest BCUT2D eigenvalue weighted by Crippen LogP contribution is 2.61. The Morgan fingerprint density at radius 3 is 1.78 bits per heavy atom. The van der Waals surface area contributed by atoms with Crippen molar-refractivity contribution in [3.05, 3.63) is 202 Å². The summed E-state index contributed by atoms with van der Waals surface area (Å²) < 4.78 is 41.4. The third kappa shape index (κ3) is 5.18. The van der Waals surface area contributed by atoms with Gasteiger partial charge in [-0.1, -0.05) is 115 Å². The summed E-state index contributed by atoms with van der Waals surface area (Å²) in [5.74, 6) is 0. The number of halogens is 3. The SMILES string of the molecule is Cc1ccc2c(c1)CCCN2c1ccc2c(c1)C(c1ccccc1)(c1ccccc1)c1c-2c2ccccc2c2cc(N3CCCc4cc(C(F)(F)F)ccc43)ccc12. The van der Waals surface area contributed by atoms with Gasteiger partial charge in [-0.2, -0.15) is 13.2 Å². The van der Waals surface area contributed by atoms with Gasteiger partial charge < -0.3 is 9.80 Å². The van der Waals surface area contributed by atoms with Crippen LogP contribution in [0.25, 0.3) is 32.7 Å². The van der Waals surface area contributed by atoms with E-state index in [1.807, 2.05) is 0 Å². The van der Waals surface area contributed by atoms with Gasteiger partial charge in [0.1, 0.15) is 0 Å². The van der Waals surface area contributed by atoms with E-state index in [1.54, 1.807) is 6.07 Å². The second-order valence-corrected chi connectivity index (χ2v) is 16.2. The van der Waals surface area contributed by atoms with Gasteiger partial charge in [-0.15, -0.1) is 0 Å². The lowest BCUT2D eigenvalue weighted by Gasteiger charge is -2.37. The molecule has 1 aliphatic carbocycles. The number of rotatable bonds is 4. The minimum Gasteiger partial charge on any atom is -0.341 e. The molecule has 5 heteroatoms. The number of hydrogen-bond acceptors (Lipinski definition) is 2. The molecule has 0 bridgehead atoms. The van der Waals surface area contributed by atoms with Crippen molar-refractivity contribution in [1.29, 1.82) is 0 Å². The van der Waals surface area contributed by atoms with Crippen LogP contribution < -0.4 is 9.80 Å². The van der Waals surface area contributed by atoms with Crippen LogP contribution in [0.15, 0.2) is 158 Å². The molecule has 58 heavy (non-hydrogen) atoms. The van der Waals surface area contributed by atoms with E-state index in [-0.39, 0.29) is 0 Å². The molecule has 3 aliphatic rings. The van der Waals surface area contributed by atoms with E-state index in [2.05, 4.69) is 156 Å². The number of anilines is 4. The fourth-order valence-electron chi connectivity index (χ4n) is 10.6. The Kier molecular flexibility index (Phi) is 7.88. The van der Waals surface area contributed by atoms with Gasteiger partial charge in [0.05, 0.1) is 11.0 Å². The lowest BCUT2D eigenvalue weighted by atomic mass is 9.66. The molecule has 0 radical (unpaired) electrons. The number of aryl methyl sites for hydroxylation is 3. The summed E-state index contributed by atoms with van der Waals surface area (Å²) in [6.45, 7) is 3.87. The molecule has 2 nitrogen and oxygen atoms in total. The zero-order valence-electron chi connectivity index (χ0n) is 32.3. The molecule has 0 spiro atoms. The fourth-order valence-corrected chi connectivity index (χ4v) is 10.6. The third-order valence-corrected chi connectivity index (χ3v) is 13.0. The predicted molar refractivity (Wildman–Crippen MR) is 232 cm³/mol. The summed E-state index contributed by atoms with van der Waals surface area (Å²) >= 11 is 0. The Morgan fingerprint density at radius 2 is 1.10 bits per heavy atom. The van der Waals surface area contributed by atoms with Crippen molar-refractivity contribution in [3.63, 3.8) is 0 Å². The van der Waals surface area contributed by atoms with Gasteiger partial charge in [-0.3, -0.25) is 0 Å². The van der Waals surface area contributed by atoms with E-state index in [0.29, 0.717) is 6.42 Å². The molecule has 11 rings (SSSR count). The number of alkyl halides is 3. The van der Waals surface area contributed by atoms with Gasteiger partial charge in [0.2, 0.25) is 0 Å². The van der Waals surface area contributed by atoms with Crippen molar-refractivity contribution in [2.24, 2.45) is 0 Å². The maximum absolute atomic E-state index is 13.8. The second-order valence-electron chi connectivity index (χ2n) is 16.2. The van der Waals surface area contributed by atoms with Gasteiger partial charge in [-0.05, 0) is 147 Å². The Balaban J connectivity index is 1.20. The number of benzene rings is 8. The smallest absolute Gasteiger partial charge is 0.341 e. The molecular formula is C53H41F3N2. The summed E-state index contributed by atoms with van der Waals surface area (Å²) in [6, 6.07) is 55.7. The largest absolute Gasteiger partial charge is 0.416 e. The van der Waals surface area contributed by atoms with Crippen LogP contribution in [0.4, 0.5) is 35.9 Å². The normalized spacial score (nSPS) is 15.6. The van der Waals surface area contributed by atoms with Crippen LogP contribution in [0, 0.1) is 6.92 Å². The quantitative estimate of drug-likeness (QED) is 0.165. The molecule has 0 saturated heterocycles. The summed E-state index contributed by atoms with van der Waals surface area (Å²) in [6.07, 6.45) is -0.794. The summed E-state index contributed by atoms with van der Waals surface area (Å²) in [5.41, 5.74) is 13.9. The zero-order valence-corrected chi connectivity index (χ0v) is 32.3. The lowest BCUT2D eigenvalue weighted by Crippen LogP contribution is -2.30. The molecule has 284 valence electrons. The average Bonchev–Trinajstić information content (AvgIpc) is 3.57. The van der Waals surface area contributed by atoms with Crippen molar-refractivity contribution in [1.82, 2.24) is 0 Å². The van der Waals surface area contributed by atoms with E-state index in [1.165, 1.54) is 78.8 Å². The first-order valence-electron chi connectivity index (χ1n) is 20.4. The van der Waals surface area contributed by atoms with Crippen LogP contribution in [0.1, 0.15) is 57.3 Å². The van der Waals surface area contributed by atoms with Crippen molar-refractivity contribution in [3.8, 4) is 11.1 Å². The van der Waals surface area contributed by atoms with Gasteiger partial charge in [0, 0.05) is 35.8 Å². The molecule has 8 aromatic rings. The van der Waals surface area contributed by atoms with Gasteiger partial charge >= 0.3 is 6.18 Å². The fraction of sp³-hybridized carbons (Fsp3) is 0.170. The highest BCUT2D eigenvalue weighted by atomic mass is 19.4. The zero-order chi connectivity index (χ0) is 39.2. The van der Waals surface area contributed by atoms with Crippen LogP contribution in [0.5, 0.6) is 0 Å². The molecule has 0 aromatic heterocycles. The van der Waals surface area contributed by atoms with E-state index in [9.17, 15) is 13.2 Å². The minimum absolute atomic E-state index is 0.589. The Labute approximate surface area is 336 Å². The predicted octanol–water partition coefficient (Wildman–Crippen LogP) is 13.9. The highest BCUT2D eigenvalue weighted by molar-refractivity contribution is 6.20. The first-order valence-corrected chi connectivity index (χ1v) is 20.4. The molecule has 0 atom stereocenters. The summed E-state index contributed by atoms with van der Waals surface area (Å²) in [5, 5.41) is 4.66. The summed E-state index contributed by atoms with van der Waals surface area (Å²) in [4.78, 5) is 4.72. The number of nitrogens with zero attached hydrogens (tertiary/aromatic N) is 2. The highest BCUT2D eigenvalue weighted by Gasteiger charge is 2.48. The Hall–Kier alpha value is -6.33. The van der Waals surface area contributed by atoms with Crippen molar-refractivity contribution in [2.45, 2.75) is 44.2 Å².